The Morgan fingerprint density at radius 1 is 1.25 bits per heavy atom. The molecule has 2 heterocycles. The van der Waals surface area contributed by atoms with Crippen LogP contribution >= 0.6 is 0 Å². The van der Waals surface area contributed by atoms with Gasteiger partial charge in [0, 0.05) is 20.1 Å². The maximum absolute atomic E-state index is 12.4. The first kappa shape index (κ1) is 14.8. The van der Waals surface area contributed by atoms with Gasteiger partial charge in [-0.15, -0.1) is 0 Å². The van der Waals surface area contributed by atoms with Crippen molar-refractivity contribution in [2.45, 2.75) is 39.5 Å². The molecule has 0 aromatic carbocycles. The molecule has 2 rings (SSSR count). The molecule has 0 atom stereocenters. The van der Waals surface area contributed by atoms with Crippen molar-refractivity contribution < 1.29 is 4.79 Å². The molecule has 5 nitrogen and oxygen atoms in total. The Labute approximate surface area is 120 Å². The number of hydrogen-bond acceptors (Lipinski definition) is 4. The Kier molecular flexibility index (Phi) is 4.57. The van der Waals surface area contributed by atoms with E-state index >= 15 is 0 Å². The molecule has 0 saturated carbocycles. The van der Waals surface area contributed by atoms with Crippen LogP contribution in [0.15, 0.2) is 12.4 Å². The van der Waals surface area contributed by atoms with Gasteiger partial charge < -0.3 is 10.2 Å². The van der Waals surface area contributed by atoms with Crippen LogP contribution in [0.1, 0.15) is 50.0 Å². The highest BCUT2D eigenvalue weighted by Gasteiger charge is 2.33. The monoisotopic (exact) mass is 276 g/mol. The highest BCUT2D eigenvalue weighted by atomic mass is 16.2. The lowest BCUT2D eigenvalue weighted by atomic mass is 9.74. The smallest absolute Gasteiger partial charge is 0.274 e. The van der Waals surface area contributed by atoms with Gasteiger partial charge in [0.05, 0.1) is 12.4 Å². The third-order valence-corrected chi connectivity index (χ3v) is 4.74. The number of aromatic nitrogens is 2. The Hall–Kier alpha value is -1.65. The molecule has 1 aliphatic heterocycles. The van der Waals surface area contributed by atoms with E-state index in [1.54, 1.807) is 19.4 Å². The van der Waals surface area contributed by atoms with Gasteiger partial charge in [0.25, 0.3) is 5.91 Å². The van der Waals surface area contributed by atoms with Crippen LogP contribution in [-0.2, 0) is 0 Å². The minimum atomic E-state index is 0.000888. The first-order valence-corrected chi connectivity index (χ1v) is 7.43. The second-order valence-electron chi connectivity index (χ2n) is 5.54. The summed E-state index contributed by atoms with van der Waals surface area (Å²) in [7, 11) is 1.78. The number of nitrogens with one attached hydrogen (secondary N) is 1. The minimum Gasteiger partial charge on any atom is -0.372 e. The zero-order valence-electron chi connectivity index (χ0n) is 12.6. The molecular formula is C15H24N4O. The fraction of sp³-hybridized carbons (Fsp3) is 0.667. The zero-order chi connectivity index (χ0) is 14.6. The van der Waals surface area contributed by atoms with E-state index in [-0.39, 0.29) is 5.91 Å². The Balaban J connectivity index is 2.00. The molecule has 1 N–H and O–H groups in total. The number of carbonyl (C=O) groups is 1. The van der Waals surface area contributed by atoms with Crippen LogP contribution in [0.3, 0.4) is 0 Å². The average molecular weight is 276 g/mol. The van der Waals surface area contributed by atoms with Gasteiger partial charge in [-0.05, 0) is 18.3 Å². The third-order valence-electron chi connectivity index (χ3n) is 4.74. The Morgan fingerprint density at radius 2 is 1.90 bits per heavy atom. The number of piperidine rings is 1. The number of rotatable bonds is 4. The normalized spacial score (nSPS) is 17.9. The van der Waals surface area contributed by atoms with Gasteiger partial charge in [-0.3, -0.25) is 4.79 Å². The average Bonchev–Trinajstić information content (AvgIpc) is 2.54. The summed E-state index contributed by atoms with van der Waals surface area (Å²) in [6.45, 7) is 6.16. The van der Waals surface area contributed by atoms with E-state index in [2.05, 4.69) is 29.1 Å². The molecule has 0 aliphatic carbocycles. The van der Waals surface area contributed by atoms with Crippen molar-refractivity contribution in [3.63, 3.8) is 0 Å². The fourth-order valence-corrected chi connectivity index (χ4v) is 2.87. The second kappa shape index (κ2) is 6.20. The maximum atomic E-state index is 12.4. The number of likely N-dealkylation sites (tertiary alicyclic amines) is 1. The van der Waals surface area contributed by atoms with Crippen LogP contribution in [0, 0.1) is 5.41 Å². The van der Waals surface area contributed by atoms with E-state index in [4.69, 9.17) is 0 Å². The van der Waals surface area contributed by atoms with Crippen molar-refractivity contribution in [2.75, 3.05) is 25.5 Å². The molecule has 0 spiro atoms. The van der Waals surface area contributed by atoms with Gasteiger partial charge >= 0.3 is 0 Å². The van der Waals surface area contributed by atoms with Crippen molar-refractivity contribution >= 4 is 11.7 Å². The lowest BCUT2D eigenvalue weighted by Gasteiger charge is -2.40. The molecule has 20 heavy (non-hydrogen) atoms. The van der Waals surface area contributed by atoms with Crippen molar-refractivity contribution in [2.24, 2.45) is 5.41 Å². The largest absolute Gasteiger partial charge is 0.372 e. The molecule has 1 saturated heterocycles. The third kappa shape index (κ3) is 2.92. The fourth-order valence-electron chi connectivity index (χ4n) is 2.87. The van der Waals surface area contributed by atoms with E-state index in [9.17, 15) is 4.79 Å². The number of nitrogens with zero attached hydrogens (tertiary/aromatic N) is 3. The molecular weight excluding hydrogens is 252 g/mol. The first-order chi connectivity index (χ1) is 9.64. The molecule has 1 aliphatic rings. The number of amides is 1. The lowest BCUT2D eigenvalue weighted by Crippen LogP contribution is -2.43. The lowest BCUT2D eigenvalue weighted by molar-refractivity contribution is 0.0552. The van der Waals surface area contributed by atoms with Gasteiger partial charge in [0.15, 0.2) is 0 Å². The van der Waals surface area contributed by atoms with Crippen molar-refractivity contribution in [1.82, 2.24) is 14.9 Å². The summed E-state index contributed by atoms with van der Waals surface area (Å²) in [6, 6.07) is 0. The summed E-state index contributed by atoms with van der Waals surface area (Å²) in [6.07, 6.45) is 7.72. The predicted molar refractivity (Wildman–Crippen MR) is 79.7 cm³/mol. The first-order valence-electron chi connectivity index (χ1n) is 7.43. The van der Waals surface area contributed by atoms with Crippen LogP contribution < -0.4 is 5.32 Å². The minimum absolute atomic E-state index is 0.000888. The molecule has 0 unspecified atom stereocenters. The molecule has 5 heteroatoms. The molecule has 1 amide bonds. The van der Waals surface area contributed by atoms with Crippen LogP contribution in [0.2, 0.25) is 0 Å². The highest BCUT2D eigenvalue weighted by Crippen LogP contribution is 2.38. The van der Waals surface area contributed by atoms with E-state index < -0.39 is 0 Å². The van der Waals surface area contributed by atoms with Crippen molar-refractivity contribution in [3.8, 4) is 0 Å². The van der Waals surface area contributed by atoms with E-state index in [0.717, 1.165) is 25.9 Å². The van der Waals surface area contributed by atoms with Gasteiger partial charge in [0.1, 0.15) is 11.5 Å². The topological polar surface area (TPSA) is 58.1 Å². The Morgan fingerprint density at radius 3 is 2.35 bits per heavy atom. The zero-order valence-corrected chi connectivity index (χ0v) is 12.6. The summed E-state index contributed by atoms with van der Waals surface area (Å²) in [5.41, 5.74) is 0.864. The van der Waals surface area contributed by atoms with Gasteiger partial charge in [0.2, 0.25) is 0 Å². The van der Waals surface area contributed by atoms with Gasteiger partial charge in [-0.1, -0.05) is 26.7 Å². The molecule has 110 valence electrons. The van der Waals surface area contributed by atoms with Gasteiger partial charge in [-0.2, -0.15) is 0 Å². The predicted octanol–water partition coefficient (Wildman–Crippen LogP) is 2.56. The van der Waals surface area contributed by atoms with E-state index in [1.807, 2.05) is 4.90 Å². The quantitative estimate of drug-likeness (QED) is 0.918. The van der Waals surface area contributed by atoms with Crippen LogP contribution in [0.4, 0.5) is 5.82 Å². The Bertz CT molecular complexity index is 443. The van der Waals surface area contributed by atoms with E-state index in [0.29, 0.717) is 16.9 Å². The van der Waals surface area contributed by atoms with Gasteiger partial charge in [-0.25, -0.2) is 9.97 Å². The molecule has 0 radical (unpaired) electrons. The molecule has 1 fully saturated rings. The highest BCUT2D eigenvalue weighted by molar-refractivity contribution is 5.92. The summed E-state index contributed by atoms with van der Waals surface area (Å²) < 4.78 is 0. The van der Waals surface area contributed by atoms with Crippen molar-refractivity contribution in [3.05, 3.63) is 18.1 Å². The standard InChI is InChI=1S/C15H24N4O/c1-4-15(5-2)6-8-19(9-7-15)14(20)12-10-18-13(16-3)11-17-12/h10-11H,4-9H2,1-3H3,(H,16,18). The molecule has 1 aromatic rings. The molecule has 1 aromatic heterocycles. The second-order valence-corrected chi connectivity index (χ2v) is 5.54. The number of carbonyl (C=O) groups excluding carboxylic acids is 1. The maximum Gasteiger partial charge on any atom is 0.274 e. The summed E-state index contributed by atoms with van der Waals surface area (Å²) in [5.74, 6) is 0.678. The van der Waals surface area contributed by atoms with Crippen LogP contribution in [-0.4, -0.2) is 40.9 Å². The van der Waals surface area contributed by atoms with Crippen molar-refractivity contribution in [1.29, 1.82) is 0 Å². The van der Waals surface area contributed by atoms with Crippen LogP contribution in [0.5, 0.6) is 0 Å². The summed E-state index contributed by atoms with van der Waals surface area (Å²) >= 11 is 0. The SMILES string of the molecule is CCC1(CC)CCN(C(=O)c2cnc(NC)cn2)CC1. The van der Waals surface area contributed by atoms with Crippen LogP contribution in [0.25, 0.3) is 0 Å². The van der Waals surface area contributed by atoms with E-state index in [1.165, 1.54) is 12.8 Å². The number of anilines is 1. The number of hydrogen-bond donors (Lipinski definition) is 1. The molecule has 0 bridgehead atoms. The summed E-state index contributed by atoms with van der Waals surface area (Å²) in [4.78, 5) is 22.6. The summed E-state index contributed by atoms with van der Waals surface area (Å²) in [5, 5.41) is 2.90.